The van der Waals surface area contributed by atoms with Gasteiger partial charge in [-0.25, -0.2) is 14.4 Å². The molecule has 8 heteroatoms. The number of hydrogen-bond acceptors (Lipinski definition) is 4. The van der Waals surface area contributed by atoms with Crippen molar-refractivity contribution in [3.63, 3.8) is 0 Å². The van der Waals surface area contributed by atoms with E-state index in [0.29, 0.717) is 0 Å². The number of rotatable bonds is 0. The summed E-state index contributed by atoms with van der Waals surface area (Å²) in [7, 11) is 0. The molecule has 0 aromatic rings. The molecule has 0 aromatic heterocycles. The number of carboxylic acid groups (broad SMARTS) is 2. The number of aliphatic carboxylic acids is 1. The molecule has 8 nitrogen and oxygen atoms in total. The molecule has 0 aliphatic carbocycles. The Morgan fingerprint density at radius 2 is 1.50 bits per heavy atom. The first-order chi connectivity index (χ1) is 5.37. The third-order valence-electron chi connectivity index (χ3n) is 0.798. The van der Waals surface area contributed by atoms with Gasteiger partial charge in [0.1, 0.15) is 0 Å². The number of amides is 4. The lowest BCUT2D eigenvalue weighted by atomic mass is 10.5. The van der Waals surface area contributed by atoms with Gasteiger partial charge in [-0.1, -0.05) is 0 Å². The van der Waals surface area contributed by atoms with Crippen molar-refractivity contribution in [2.75, 3.05) is 0 Å². The third kappa shape index (κ3) is 1.94. The average Bonchev–Trinajstić information content (AvgIpc) is 1.85. The van der Waals surface area contributed by atoms with Gasteiger partial charge in [-0.2, -0.15) is 4.90 Å². The van der Waals surface area contributed by atoms with E-state index in [9.17, 15) is 19.2 Å². The molecule has 0 spiro atoms. The second kappa shape index (κ2) is 3.32. The maximum Gasteiger partial charge on any atom is 0.423 e. The topological polar surface area (TPSA) is 138 Å². The van der Waals surface area contributed by atoms with Crippen LogP contribution in [-0.4, -0.2) is 39.1 Å². The van der Waals surface area contributed by atoms with Crippen LogP contribution < -0.4 is 5.73 Å². The van der Waals surface area contributed by atoms with Gasteiger partial charge in [0.05, 0.1) is 0 Å². The Morgan fingerprint density at radius 3 is 1.58 bits per heavy atom. The van der Waals surface area contributed by atoms with Gasteiger partial charge in [-0.15, -0.1) is 0 Å². The number of nitrogens with zero attached hydrogens (tertiary/aromatic N) is 1. The molecule has 0 atom stereocenters. The lowest BCUT2D eigenvalue weighted by molar-refractivity contribution is -0.153. The molecule has 0 rings (SSSR count). The number of primary amides is 1. The van der Waals surface area contributed by atoms with Crippen LogP contribution in [-0.2, 0) is 9.59 Å². The van der Waals surface area contributed by atoms with Gasteiger partial charge in [0.2, 0.25) is 0 Å². The normalized spacial score (nSPS) is 8.67. The molecule has 66 valence electrons. The molecule has 4 amide bonds. The van der Waals surface area contributed by atoms with Crippen LogP contribution in [0.4, 0.5) is 9.59 Å². The summed E-state index contributed by atoms with van der Waals surface area (Å²) >= 11 is 0. The molecule has 0 aromatic carbocycles. The minimum absolute atomic E-state index is 0.609. The van der Waals surface area contributed by atoms with Gasteiger partial charge in [0, 0.05) is 0 Å². The van der Waals surface area contributed by atoms with Crippen LogP contribution >= 0.6 is 0 Å². The SMILES string of the molecule is NC(=O)N(C(=O)O)C(=O)C(=O)O. The molecular weight excluding hydrogens is 172 g/mol. The summed E-state index contributed by atoms with van der Waals surface area (Å²) < 4.78 is 0. The van der Waals surface area contributed by atoms with Crippen LogP contribution in [0.25, 0.3) is 0 Å². The summed E-state index contributed by atoms with van der Waals surface area (Å²) in [6, 6.07) is -1.66. The molecule has 0 radical (unpaired) electrons. The molecule has 0 bridgehead atoms. The molecule has 0 aliphatic heterocycles. The van der Waals surface area contributed by atoms with Crippen LogP contribution in [0.2, 0.25) is 0 Å². The first-order valence-electron chi connectivity index (χ1n) is 2.47. The number of urea groups is 1. The maximum absolute atomic E-state index is 10.4. The zero-order valence-electron chi connectivity index (χ0n) is 5.55. The Bertz CT molecular complexity index is 244. The van der Waals surface area contributed by atoms with E-state index in [1.165, 1.54) is 0 Å². The summed E-state index contributed by atoms with van der Waals surface area (Å²) in [6.07, 6.45) is -2.03. The largest absolute Gasteiger partial charge is 0.474 e. The van der Waals surface area contributed by atoms with E-state index < -0.39 is 28.9 Å². The fourth-order valence-electron chi connectivity index (χ4n) is 0.377. The minimum Gasteiger partial charge on any atom is -0.474 e. The van der Waals surface area contributed by atoms with E-state index in [-0.39, 0.29) is 0 Å². The zero-order chi connectivity index (χ0) is 9.89. The Labute approximate surface area is 65.2 Å². The fraction of sp³-hybridized carbons (Fsp3) is 0. The van der Waals surface area contributed by atoms with Gasteiger partial charge in [0.25, 0.3) is 0 Å². The second-order valence-corrected chi connectivity index (χ2v) is 1.57. The molecule has 4 N–H and O–H groups in total. The molecule has 0 heterocycles. The summed E-state index contributed by atoms with van der Waals surface area (Å²) in [5.74, 6) is -3.98. The van der Waals surface area contributed by atoms with Crippen molar-refractivity contribution in [2.24, 2.45) is 5.73 Å². The molecule has 0 saturated heterocycles. The number of nitrogens with two attached hydrogens (primary N) is 1. The maximum atomic E-state index is 10.4. The molecule has 0 saturated carbocycles. The van der Waals surface area contributed by atoms with E-state index in [0.717, 1.165) is 0 Å². The van der Waals surface area contributed by atoms with Crippen molar-refractivity contribution in [3.8, 4) is 0 Å². The molecular formula is C4H4N2O6. The number of hydrogen-bond donors (Lipinski definition) is 3. The highest BCUT2D eigenvalue weighted by atomic mass is 16.4. The van der Waals surface area contributed by atoms with Crippen LogP contribution in [0.15, 0.2) is 0 Å². The monoisotopic (exact) mass is 176 g/mol. The second-order valence-electron chi connectivity index (χ2n) is 1.57. The lowest BCUT2D eigenvalue weighted by Gasteiger charge is -2.08. The third-order valence-corrected chi connectivity index (χ3v) is 0.798. The summed E-state index contributed by atoms with van der Waals surface area (Å²) in [6.45, 7) is 0. The average molecular weight is 176 g/mol. The Kier molecular flexibility index (Phi) is 2.74. The predicted octanol–water partition coefficient (Wildman–Crippen LogP) is -1.34. The van der Waals surface area contributed by atoms with Gasteiger partial charge in [-0.05, 0) is 0 Å². The first kappa shape index (κ1) is 9.88. The van der Waals surface area contributed by atoms with E-state index in [4.69, 9.17) is 10.2 Å². The highest BCUT2D eigenvalue weighted by Gasteiger charge is 2.31. The molecule has 0 unspecified atom stereocenters. The van der Waals surface area contributed by atoms with Gasteiger partial charge in [0.15, 0.2) is 0 Å². The smallest absolute Gasteiger partial charge is 0.423 e. The summed E-state index contributed by atoms with van der Waals surface area (Å²) in [5, 5.41) is 16.1. The lowest BCUT2D eigenvalue weighted by Crippen LogP contribution is -2.47. The Hall–Kier alpha value is -2.12. The highest BCUT2D eigenvalue weighted by molar-refractivity contribution is 6.37. The number of carbonyl (C=O) groups excluding carboxylic acids is 2. The Balaban J connectivity index is 4.76. The zero-order valence-corrected chi connectivity index (χ0v) is 5.55. The van der Waals surface area contributed by atoms with Gasteiger partial charge >= 0.3 is 24.0 Å². The standard InChI is InChI=1S/C4H4N2O6/c5-3(10)6(4(11)12)1(7)2(8)9/h(H2,5,10)(H,8,9)(H,11,12). The minimum atomic E-state index is -2.07. The van der Waals surface area contributed by atoms with Crippen LogP contribution in [0, 0.1) is 0 Å². The van der Waals surface area contributed by atoms with Crippen molar-refractivity contribution in [2.45, 2.75) is 0 Å². The summed E-state index contributed by atoms with van der Waals surface area (Å²) in [4.78, 5) is 39.8. The van der Waals surface area contributed by atoms with E-state index in [1.807, 2.05) is 0 Å². The quantitative estimate of drug-likeness (QED) is 0.390. The van der Waals surface area contributed by atoms with Crippen LogP contribution in [0.5, 0.6) is 0 Å². The number of carbonyl (C=O) groups is 4. The van der Waals surface area contributed by atoms with Crippen molar-refractivity contribution >= 4 is 24.0 Å². The fourth-order valence-corrected chi connectivity index (χ4v) is 0.377. The molecule has 0 aliphatic rings. The van der Waals surface area contributed by atoms with E-state index >= 15 is 0 Å². The number of carboxylic acids is 1. The van der Waals surface area contributed by atoms with Gasteiger partial charge < -0.3 is 15.9 Å². The van der Waals surface area contributed by atoms with Crippen molar-refractivity contribution in [3.05, 3.63) is 0 Å². The van der Waals surface area contributed by atoms with Crippen LogP contribution in [0.1, 0.15) is 0 Å². The van der Waals surface area contributed by atoms with Gasteiger partial charge in [-0.3, -0.25) is 4.79 Å². The van der Waals surface area contributed by atoms with E-state index in [2.05, 4.69) is 5.73 Å². The Morgan fingerprint density at radius 1 is 1.08 bits per heavy atom. The first-order valence-corrected chi connectivity index (χ1v) is 2.47. The predicted molar refractivity (Wildman–Crippen MR) is 32.1 cm³/mol. The molecule has 0 fully saturated rings. The van der Waals surface area contributed by atoms with Crippen molar-refractivity contribution < 1.29 is 29.4 Å². The van der Waals surface area contributed by atoms with Crippen molar-refractivity contribution in [1.29, 1.82) is 0 Å². The number of imide groups is 3. The summed E-state index contributed by atoms with van der Waals surface area (Å²) in [5.41, 5.74) is 4.40. The van der Waals surface area contributed by atoms with E-state index in [1.54, 1.807) is 0 Å². The highest BCUT2D eigenvalue weighted by Crippen LogP contribution is 1.90. The molecule has 12 heavy (non-hydrogen) atoms. The van der Waals surface area contributed by atoms with Crippen LogP contribution in [0.3, 0.4) is 0 Å². The van der Waals surface area contributed by atoms with Crippen molar-refractivity contribution in [1.82, 2.24) is 4.90 Å².